The Morgan fingerprint density at radius 1 is 1.75 bits per heavy atom. The van der Waals surface area contributed by atoms with Crippen LogP contribution in [0, 0.1) is 0 Å². The van der Waals surface area contributed by atoms with Gasteiger partial charge >= 0.3 is 0 Å². The summed E-state index contributed by atoms with van der Waals surface area (Å²) in [4.78, 5) is 4.12. The highest BCUT2D eigenvalue weighted by Crippen LogP contribution is 2.11. The molecule has 0 aromatic carbocycles. The van der Waals surface area contributed by atoms with Crippen molar-refractivity contribution in [1.82, 2.24) is 9.55 Å². The third-order valence-electron chi connectivity index (χ3n) is 2.37. The van der Waals surface area contributed by atoms with Crippen molar-refractivity contribution in [3.63, 3.8) is 0 Å². The molecule has 0 bridgehead atoms. The molecule has 0 saturated heterocycles. The summed E-state index contributed by atoms with van der Waals surface area (Å²) >= 11 is 0. The molecule has 1 aliphatic heterocycles. The van der Waals surface area contributed by atoms with Crippen molar-refractivity contribution in [2.24, 2.45) is 0 Å². The second-order valence-corrected chi connectivity index (χ2v) is 3.19. The Balaban J connectivity index is 2.18. The first-order chi connectivity index (χ1) is 5.90. The van der Waals surface area contributed by atoms with Crippen molar-refractivity contribution in [2.75, 3.05) is 6.61 Å². The van der Waals surface area contributed by atoms with Gasteiger partial charge in [-0.1, -0.05) is 6.92 Å². The fourth-order valence-electron chi connectivity index (χ4n) is 1.57. The normalized spacial score (nSPS) is 23.2. The molecule has 1 atom stereocenters. The highest BCUT2D eigenvalue weighted by atomic mass is 16.5. The quantitative estimate of drug-likeness (QED) is 0.627. The summed E-state index contributed by atoms with van der Waals surface area (Å²) in [5.41, 5.74) is 1.30. The van der Waals surface area contributed by atoms with E-state index in [4.69, 9.17) is 4.74 Å². The molecule has 66 valence electrons. The van der Waals surface area contributed by atoms with E-state index in [2.05, 4.69) is 16.5 Å². The van der Waals surface area contributed by atoms with E-state index >= 15 is 0 Å². The molecule has 0 amide bonds. The third kappa shape index (κ3) is 1.37. The Morgan fingerprint density at radius 3 is 3.50 bits per heavy atom. The minimum absolute atomic E-state index is 0.375. The summed E-state index contributed by atoms with van der Waals surface area (Å²) in [7, 11) is 0. The van der Waals surface area contributed by atoms with Gasteiger partial charge in [-0.05, 0) is 6.42 Å². The zero-order chi connectivity index (χ0) is 8.39. The monoisotopic (exact) mass is 166 g/mol. The van der Waals surface area contributed by atoms with Crippen molar-refractivity contribution in [1.29, 1.82) is 0 Å². The molecule has 12 heavy (non-hydrogen) atoms. The SMILES string of the molecule is CCC1Cn2cncc2CCO1. The molecule has 0 N–H and O–H groups in total. The van der Waals surface area contributed by atoms with Crippen LogP contribution < -0.4 is 0 Å². The number of rotatable bonds is 1. The number of imidazole rings is 1. The predicted octanol–water partition coefficient (Wildman–Crippen LogP) is 1.23. The first-order valence-electron chi connectivity index (χ1n) is 4.50. The van der Waals surface area contributed by atoms with Gasteiger partial charge in [-0.25, -0.2) is 4.98 Å². The van der Waals surface area contributed by atoms with Crippen LogP contribution in [0.1, 0.15) is 19.0 Å². The van der Waals surface area contributed by atoms with E-state index in [1.54, 1.807) is 0 Å². The Hall–Kier alpha value is -0.830. The molecule has 3 nitrogen and oxygen atoms in total. The maximum Gasteiger partial charge on any atom is 0.0949 e. The molecule has 0 spiro atoms. The van der Waals surface area contributed by atoms with Crippen LogP contribution in [0.25, 0.3) is 0 Å². The summed E-state index contributed by atoms with van der Waals surface area (Å²) in [6.07, 6.45) is 6.28. The van der Waals surface area contributed by atoms with Crippen LogP contribution in [0.15, 0.2) is 12.5 Å². The zero-order valence-corrected chi connectivity index (χ0v) is 7.36. The predicted molar refractivity (Wildman–Crippen MR) is 46.0 cm³/mol. The van der Waals surface area contributed by atoms with E-state index in [0.29, 0.717) is 6.10 Å². The van der Waals surface area contributed by atoms with Gasteiger partial charge in [0.15, 0.2) is 0 Å². The van der Waals surface area contributed by atoms with Crippen LogP contribution in [-0.2, 0) is 17.7 Å². The summed E-state index contributed by atoms with van der Waals surface area (Å²) in [6, 6.07) is 0. The van der Waals surface area contributed by atoms with Crippen molar-refractivity contribution < 1.29 is 4.74 Å². The number of nitrogens with zero attached hydrogens (tertiary/aromatic N) is 2. The van der Waals surface area contributed by atoms with Gasteiger partial charge in [-0.3, -0.25) is 0 Å². The Kier molecular flexibility index (Phi) is 2.13. The van der Waals surface area contributed by atoms with Crippen LogP contribution in [0.2, 0.25) is 0 Å². The van der Waals surface area contributed by atoms with Gasteiger partial charge in [0, 0.05) is 18.3 Å². The summed E-state index contributed by atoms with van der Waals surface area (Å²) < 4.78 is 7.84. The van der Waals surface area contributed by atoms with E-state index < -0.39 is 0 Å². The Bertz CT molecular complexity index is 257. The summed E-state index contributed by atoms with van der Waals surface area (Å²) in [6.45, 7) is 3.96. The molecule has 0 fully saturated rings. The van der Waals surface area contributed by atoms with Crippen molar-refractivity contribution in [3.8, 4) is 0 Å². The standard InChI is InChI=1S/C9H14N2O/c1-2-9-6-11-7-10-5-8(11)3-4-12-9/h5,7,9H,2-4,6H2,1H3. The van der Waals surface area contributed by atoms with Crippen LogP contribution in [0.5, 0.6) is 0 Å². The van der Waals surface area contributed by atoms with Gasteiger partial charge in [0.1, 0.15) is 0 Å². The smallest absolute Gasteiger partial charge is 0.0949 e. The van der Waals surface area contributed by atoms with E-state index in [0.717, 1.165) is 26.0 Å². The molecule has 0 saturated carbocycles. The number of hydrogen-bond acceptors (Lipinski definition) is 2. The summed E-state index contributed by atoms with van der Waals surface area (Å²) in [5.74, 6) is 0. The van der Waals surface area contributed by atoms with Gasteiger partial charge in [0.25, 0.3) is 0 Å². The lowest BCUT2D eigenvalue weighted by Crippen LogP contribution is -2.16. The fourth-order valence-corrected chi connectivity index (χ4v) is 1.57. The molecule has 1 aromatic rings. The zero-order valence-electron chi connectivity index (χ0n) is 7.36. The van der Waals surface area contributed by atoms with Gasteiger partial charge in [0.2, 0.25) is 0 Å². The third-order valence-corrected chi connectivity index (χ3v) is 2.37. The molecule has 1 aliphatic rings. The number of ether oxygens (including phenoxy) is 1. The average molecular weight is 166 g/mol. The first kappa shape index (κ1) is 7.80. The minimum atomic E-state index is 0.375. The molecule has 2 heterocycles. The van der Waals surface area contributed by atoms with Gasteiger partial charge < -0.3 is 9.30 Å². The van der Waals surface area contributed by atoms with E-state index in [-0.39, 0.29) is 0 Å². The van der Waals surface area contributed by atoms with Gasteiger partial charge in [0.05, 0.1) is 25.6 Å². The van der Waals surface area contributed by atoms with Gasteiger partial charge in [-0.2, -0.15) is 0 Å². The van der Waals surface area contributed by atoms with Crippen LogP contribution in [0.3, 0.4) is 0 Å². The highest BCUT2D eigenvalue weighted by molar-refractivity contribution is 5.00. The van der Waals surface area contributed by atoms with Crippen molar-refractivity contribution >= 4 is 0 Å². The first-order valence-corrected chi connectivity index (χ1v) is 4.50. The van der Waals surface area contributed by atoms with Gasteiger partial charge in [-0.15, -0.1) is 0 Å². The highest BCUT2D eigenvalue weighted by Gasteiger charge is 2.14. The molecular weight excluding hydrogens is 152 g/mol. The van der Waals surface area contributed by atoms with Crippen LogP contribution >= 0.6 is 0 Å². The summed E-state index contributed by atoms with van der Waals surface area (Å²) in [5, 5.41) is 0. The molecule has 3 heteroatoms. The second-order valence-electron chi connectivity index (χ2n) is 3.19. The topological polar surface area (TPSA) is 27.1 Å². The van der Waals surface area contributed by atoms with Crippen LogP contribution in [0.4, 0.5) is 0 Å². The number of hydrogen-bond donors (Lipinski definition) is 0. The maximum atomic E-state index is 5.64. The molecule has 0 radical (unpaired) electrons. The largest absolute Gasteiger partial charge is 0.376 e. The number of fused-ring (bicyclic) bond motifs is 1. The van der Waals surface area contributed by atoms with E-state index in [1.165, 1.54) is 5.69 Å². The fraction of sp³-hybridized carbons (Fsp3) is 0.667. The van der Waals surface area contributed by atoms with Crippen LogP contribution in [-0.4, -0.2) is 22.3 Å². The Labute approximate surface area is 72.4 Å². The molecule has 2 rings (SSSR count). The molecule has 0 aliphatic carbocycles. The average Bonchev–Trinajstić information content (AvgIpc) is 2.43. The van der Waals surface area contributed by atoms with E-state index in [1.807, 2.05) is 12.5 Å². The Morgan fingerprint density at radius 2 is 2.67 bits per heavy atom. The van der Waals surface area contributed by atoms with E-state index in [9.17, 15) is 0 Å². The maximum absolute atomic E-state index is 5.64. The lowest BCUT2D eigenvalue weighted by Gasteiger charge is -2.12. The number of aromatic nitrogens is 2. The second kappa shape index (κ2) is 3.27. The van der Waals surface area contributed by atoms with Crippen molar-refractivity contribution in [3.05, 3.63) is 18.2 Å². The molecular formula is C9H14N2O. The molecule has 1 aromatic heterocycles. The minimum Gasteiger partial charge on any atom is -0.376 e. The van der Waals surface area contributed by atoms with Crippen molar-refractivity contribution in [2.45, 2.75) is 32.4 Å². The lowest BCUT2D eigenvalue weighted by atomic mass is 10.3. The lowest BCUT2D eigenvalue weighted by molar-refractivity contribution is 0.0505. The molecule has 1 unspecified atom stereocenters.